The van der Waals surface area contributed by atoms with E-state index in [0.717, 1.165) is 180 Å². The number of carbonyl (C=O) groups excluding carboxylic acids is 3. The molecule has 6 heteroatoms. The van der Waals surface area contributed by atoms with Crippen molar-refractivity contribution in [2.24, 2.45) is 0 Å². The van der Waals surface area contributed by atoms with Crippen LogP contribution >= 0.6 is 0 Å². The molecule has 6 nitrogen and oxygen atoms in total. The maximum absolute atomic E-state index is 12.9. The molecule has 0 aliphatic rings. The van der Waals surface area contributed by atoms with Crippen molar-refractivity contribution in [3.05, 3.63) is 158 Å². The van der Waals surface area contributed by atoms with Crippen molar-refractivity contribution in [2.75, 3.05) is 13.2 Å². The fourth-order valence-corrected chi connectivity index (χ4v) is 8.08. The van der Waals surface area contributed by atoms with Gasteiger partial charge < -0.3 is 14.2 Å². The zero-order valence-electron chi connectivity index (χ0n) is 50.1. The summed E-state index contributed by atoms with van der Waals surface area (Å²) in [6.07, 6.45) is 93.8. The van der Waals surface area contributed by atoms with Crippen LogP contribution < -0.4 is 0 Å². The number of rotatable bonds is 55. The number of ether oxygens (including phenoxy) is 3. The molecule has 0 N–H and O–H groups in total. The van der Waals surface area contributed by atoms with Crippen LogP contribution in [0.1, 0.15) is 258 Å². The zero-order chi connectivity index (χ0) is 56.4. The quantitative estimate of drug-likeness (QED) is 0.0261. The highest BCUT2D eigenvalue weighted by Gasteiger charge is 2.19. The van der Waals surface area contributed by atoms with E-state index in [1.807, 2.05) is 0 Å². The summed E-state index contributed by atoms with van der Waals surface area (Å²) in [6.45, 7) is 6.33. The Morgan fingerprint density at radius 3 is 0.782 bits per heavy atom. The van der Waals surface area contributed by atoms with Crippen LogP contribution in [0, 0.1) is 0 Å². The molecule has 0 aliphatic heterocycles. The molecular formula is C72H114O6. The molecule has 0 aromatic carbocycles. The van der Waals surface area contributed by atoms with Crippen molar-refractivity contribution >= 4 is 17.9 Å². The molecule has 0 spiro atoms. The molecule has 0 aliphatic carbocycles. The van der Waals surface area contributed by atoms with Crippen molar-refractivity contribution in [1.82, 2.24) is 0 Å². The first-order chi connectivity index (χ1) is 38.5. The van der Waals surface area contributed by atoms with Crippen LogP contribution in [0.5, 0.6) is 0 Å². The molecule has 0 radical (unpaired) electrons. The minimum Gasteiger partial charge on any atom is -0.462 e. The Morgan fingerprint density at radius 1 is 0.269 bits per heavy atom. The van der Waals surface area contributed by atoms with E-state index in [2.05, 4.69) is 179 Å². The van der Waals surface area contributed by atoms with Gasteiger partial charge in [0.25, 0.3) is 0 Å². The highest BCUT2D eigenvalue weighted by molar-refractivity contribution is 5.71. The largest absolute Gasteiger partial charge is 0.462 e. The Balaban J connectivity index is 4.43. The van der Waals surface area contributed by atoms with Gasteiger partial charge in [0.2, 0.25) is 0 Å². The first kappa shape index (κ1) is 73.0. The molecule has 1 unspecified atom stereocenters. The SMILES string of the molecule is CC/C=C\C/C=C\C/C=C\C/C=C\C/C=C\C/C=C\C/C=C\C/C=C\CCCCCCC(=O)OCC(COC(=O)CCCCCCC/C=C\C/C=C\CCCC)OC(=O)CCCCCCCCC/C=C\C/C=C\C/C=C\CC. The number of hydrogen-bond donors (Lipinski definition) is 0. The van der Waals surface area contributed by atoms with Crippen LogP contribution in [0.25, 0.3) is 0 Å². The molecule has 0 aromatic heterocycles. The van der Waals surface area contributed by atoms with Crippen LogP contribution in [0.2, 0.25) is 0 Å². The van der Waals surface area contributed by atoms with Crippen molar-refractivity contribution < 1.29 is 28.6 Å². The number of hydrogen-bond acceptors (Lipinski definition) is 6. The average molecular weight is 1080 g/mol. The highest BCUT2D eigenvalue weighted by Crippen LogP contribution is 2.14. The van der Waals surface area contributed by atoms with Crippen LogP contribution in [0.3, 0.4) is 0 Å². The third kappa shape index (κ3) is 61.9. The van der Waals surface area contributed by atoms with E-state index in [0.29, 0.717) is 19.3 Å². The van der Waals surface area contributed by atoms with Crippen molar-refractivity contribution in [2.45, 2.75) is 264 Å². The fraction of sp³-hybridized carbons (Fsp3) is 0.597. The average Bonchev–Trinajstić information content (AvgIpc) is 3.44. The van der Waals surface area contributed by atoms with Gasteiger partial charge in [-0.1, -0.05) is 256 Å². The van der Waals surface area contributed by atoms with Crippen LogP contribution in [0.4, 0.5) is 0 Å². The molecule has 0 aromatic rings. The summed E-state index contributed by atoms with van der Waals surface area (Å²) in [5, 5.41) is 0. The van der Waals surface area contributed by atoms with E-state index in [4.69, 9.17) is 14.2 Å². The smallest absolute Gasteiger partial charge is 0.306 e. The predicted molar refractivity (Wildman–Crippen MR) is 338 cm³/mol. The predicted octanol–water partition coefficient (Wildman–Crippen LogP) is 21.7. The summed E-state index contributed by atoms with van der Waals surface area (Å²) in [4.78, 5) is 38.3. The van der Waals surface area contributed by atoms with Crippen LogP contribution in [-0.4, -0.2) is 37.2 Å². The zero-order valence-corrected chi connectivity index (χ0v) is 50.1. The second-order valence-electron chi connectivity index (χ2n) is 20.2. The van der Waals surface area contributed by atoms with Crippen molar-refractivity contribution in [3.8, 4) is 0 Å². The monoisotopic (exact) mass is 1070 g/mol. The molecule has 438 valence electrons. The van der Waals surface area contributed by atoms with E-state index in [9.17, 15) is 14.4 Å². The molecule has 0 saturated heterocycles. The summed E-state index contributed by atoms with van der Waals surface area (Å²) in [5.74, 6) is -0.956. The summed E-state index contributed by atoms with van der Waals surface area (Å²) in [5.41, 5.74) is 0. The number of carbonyl (C=O) groups is 3. The Hall–Kier alpha value is -4.97. The van der Waals surface area contributed by atoms with Crippen LogP contribution in [0.15, 0.2) is 158 Å². The third-order valence-corrected chi connectivity index (χ3v) is 12.7. The number of esters is 3. The summed E-state index contributed by atoms with van der Waals surface area (Å²) in [6, 6.07) is 0. The van der Waals surface area contributed by atoms with Gasteiger partial charge in [-0.05, 0) is 141 Å². The Labute approximate surface area is 480 Å². The second-order valence-corrected chi connectivity index (χ2v) is 20.2. The topological polar surface area (TPSA) is 78.9 Å². The maximum Gasteiger partial charge on any atom is 0.306 e. The van der Waals surface area contributed by atoms with Gasteiger partial charge in [0.15, 0.2) is 6.10 Å². The van der Waals surface area contributed by atoms with Crippen LogP contribution in [-0.2, 0) is 28.6 Å². The van der Waals surface area contributed by atoms with Gasteiger partial charge >= 0.3 is 17.9 Å². The highest BCUT2D eigenvalue weighted by atomic mass is 16.6. The molecule has 0 fully saturated rings. The molecule has 0 amide bonds. The molecule has 1 atom stereocenters. The van der Waals surface area contributed by atoms with Gasteiger partial charge in [0.05, 0.1) is 0 Å². The lowest BCUT2D eigenvalue weighted by Crippen LogP contribution is -2.30. The maximum atomic E-state index is 12.9. The first-order valence-corrected chi connectivity index (χ1v) is 31.5. The standard InChI is InChI=1S/C72H114O6/c1-4-7-10-13-16-19-22-25-28-30-31-32-33-34-35-36-37-38-39-40-41-43-44-47-50-53-56-59-62-65-71(74)77-68-69(67-76-70(73)64-61-58-55-52-49-46-27-24-21-18-15-12-9-6-3)78-72(75)66-63-60-57-54-51-48-45-42-29-26-23-20-17-14-11-8-5-2/h7-8,10-11,15-20,24-29,31-32,34-35,37-38,40-41,44,47,69H,4-6,9,12-14,21-23,30,33,36,39,42-43,45-46,48-68H2,1-3H3/b10-7-,11-8-,18-15-,19-16-,20-17-,27-24-,28-25-,29-26-,32-31-,35-34-,38-37-,41-40-,47-44-. The summed E-state index contributed by atoms with van der Waals surface area (Å²) in [7, 11) is 0. The van der Waals surface area contributed by atoms with Gasteiger partial charge in [-0.3, -0.25) is 14.4 Å². The van der Waals surface area contributed by atoms with Gasteiger partial charge in [0.1, 0.15) is 13.2 Å². The summed E-state index contributed by atoms with van der Waals surface area (Å²) >= 11 is 0. The van der Waals surface area contributed by atoms with E-state index in [1.54, 1.807) is 0 Å². The molecule has 0 bridgehead atoms. The molecule has 0 saturated carbocycles. The van der Waals surface area contributed by atoms with Gasteiger partial charge in [-0.25, -0.2) is 0 Å². The minimum absolute atomic E-state index is 0.104. The Bertz CT molecular complexity index is 1760. The van der Waals surface area contributed by atoms with E-state index >= 15 is 0 Å². The Kier molecular flexibility index (Phi) is 60.4. The second kappa shape index (κ2) is 64.6. The number of allylic oxidation sites excluding steroid dienone is 26. The first-order valence-electron chi connectivity index (χ1n) is 31.5. The molecule has 0 heterocycles. The van der Waals surface area contributed by atoms with E-state index in [1.165, 1.54) is 38.5 Å². The minimum atomic E-state index is -0.809. The summed E-state index contributed by atoms with van der Waals surface area (Å²) < 4.78 is 16.9. The molecule has 78 heavy (non-hydrogen) atoms. The number of unbranched alkanes of at least 4 members (excludes halogenated alkanes) is 18. The van der Waals surface area contributed by atoms with Crippen molar-refractivity contribution in [3.63, 3.8) is 0 Å². The molecule has 0 rings (SSSR count). The van der Waals surface area contributed by atoms with E-state index < -0.39 is 6.10 Å². The Morgan fingerprint density at radius 2 is 0.500 bits per heavy atom. The lowest BCUT2D eigenvalue weighted by Gasteiger charge is -2.18. The lowest BCUT2D eigenvalue weighted by atomic mass is 10.1. The van der Waals surface area contributed by atoms with Crippen molar-refractivity contribution in [1.29, 1.82) is 0 Å². The normalized spacial score (nSPS) is 13.2. The third-order valence-electron chi connectivity index (χ3n) is 12.7. The van der Waals surface area contributed by atoms with Gasteiger partial charge in [-0.2, -0.15) is 0 Å². The fourth-order valence-electron chi connectivity index (χ4n) is 8.08. The lowest BCUT2D eigenvalue weighted by molar-refractivity contribution is -0.167. The molecular weight excluding hydrogens is 961 g/mol. The van der Waals surface area contributed by atoms with Gasteiger partial charge in [0, 0.05) is 19.3 Å². The van der Waals surface area contributed by atoms with E-state index in [-0.39, 0.29) is 31.1 Å². The van der Waals surface area contributed by atoms with Gasteiger partial charge in [-0.15, -0.1) is 0 Å².